The molecule has 0 spiro atoms. The summed E-state index contributed by atoms with van der Waals surface area (Å²) in [7, 11) is 1.62. The Labute approximate surface area is 107 Å². The van der Waals surface area contributed by atoms with Gasteiger partial charge in [0, 0.05) is 17.1 Å². The van der Waals surface area contributed by atoms with E-state index < -0.39 is 0 Å². The average Bonchev–Trinajstić information content (AvgIpc) is 2.23. The Balaban J connectivity index is 2.29. The fourth-order valence-corrected chi connectivity index (χ4v) is 2.15. The lowest BCUT2D eigenvalue weighted by atomic mass is 9.96. The van der Waals surface area contributed by atoms with Gasteiger partial charge in [0.25, 0.3) is 0 Å². The molecule has 2 rings (SSSR count). The molecule has 1 fully saturated rings. The van der Waals surface area contributed by atoms with Crippen molar-refractivity contribution in [2.45, 2.75) is 38.3 Å². The molecular formula is C13H18ClNO2. The van der Waals surface area contributed by atoms with E-state index in [1.54, 1.807) is 13.2 Å². The number of benzene rings is 1. The summed E-state index contributed by atoms with van der Waals surface area (Å²) in [4.78, 5) is 0. The molecule has 1 saturated carbocycles. The predicted molar refractivity (Wildman–Crippen MR) is 68.9 cm³/mol. The minimum absolute atomic E-state index is 0.114. The number of halogens is 1. The van der Waals surface area contributed by atoms with Gasteiger partial charge < -0.3 is 15.2 Å². The molecule has 94 valence electrons. The summed E-state index contributed by atoms with van der Waals surface area (Å²) in [6.07, 6.45) is 3.77. The van der Waals surface area contributed by atoms with Crippen LogP contribution in [0.25, 0.3) is 0 Å². The zero-order chi connectivity index (χ0) is 12.4. The van der Waals surface area contributed by atoms with Crippen molar-refractivity contribution < 1.29 is 9.47 Å². The largest absolute Gasteiger partial charge is 0.493 e. The van der Waals surface area contributed by atoms with Crippen molar-refractivity contribution >= 4 is 11.6 Å². The van der Waals surface area contributed by atoms with E-state index in [1.807, 2.05) is 13.0 Å². The number of ether oxygens (including phenoxy) is 2. The van der Waals surface area contributed by atoms with E-state index in [4.69, 9.17) is 26.8 Å². The Bertz CT molecular complexity index is 403. The van der Waals surface area contributed by atoms with E-state index in [0.717, 1.165) is 24.2 Å². The first-order valence-electron chi connectivity index (χ1n) is 5.91. The van der Waals surface area contributed by atoms with Crippen LogP contribution in [0.2, 0.25) is 5.02 Å². The molecule has 0 aromatic heterocycles. The van der Waals surface area contributed by atoms with Gasteiger partial charge in [-0.05, 0) is 37.8 Å². The summed E-state index contributed by atoms with van der Waals surface area (Å²) in [6.45, 7) is 1.90. The van der Waals surface area contributed by atoms with Crippen molar-refractivity contribution in [3.8, 4) is 11.5 Å². The minimum Gasteiger partial charge on any atom is -0.493 e. The molecular weight excluding hydrogens is 238 g/mol. The van der Waals surface area contributed by atoms with Crippen molar-refractivity contribution in [1.29, 1.82) is 0 Å². The zero-order valence-electron chi connectivity index (χ0n) is 10.2. The first kappa shape index (κ1) is 12.5. The van der Waals surface area contributed by atoms with Crippen LogP contribution in [0, 0.1) is 0 Å². The molecule has 4 heteroatoms. The number of methoxy groups -OCH3 is 1. The number of hydrogen-bond acceptors (Lipinski definition) is 3. The lowest BCUT2D eigenvalue weighted by Crippen LogP contribution is -2.25. The summed E-state index contributed by atoms with van der Waals surface area (Å²) < 4.78 is 11.2. The highest BCUT2D eigenvalue weighted by atomic mass is 35.5. The molecule has 1 aliphatic carbocycles. The highest BCUT2D eigenvalue weighted by Gasteiger charge is 2.22. The second kappa shape index (κ2) is 5.15. The monoisotopic (exact) mass is 255 g/mol. The van der Waals surface area contributed by atoms with Gasteiger partial charge in [-0.2, -0.15) is 0 Å². The van der Waals surface area contributed by atoms with E-state index in [-0.39, 0.29) is 6.04 Å². The van der Waals surface area contributed by atoms with Crippen LogP contribution >= 0.6 is 11.6 Å². The summed E-state index contributed by atoms with van der Waals surface area (Å²) in [5, 5.41) is 0.623. The Morgan fingerprint density at radius 2 is 2.06 bits per heavy atom. The molecule has 0 saturated heterocycles. The van der Waals surface area contributed by atoms with Gasteiger partial charge in [0.15, 0.2) is 11.5 Å². The Kier molecular flexibility index (Phi) is 3.79. The molecule has 0 heterocycles. The normalized spacial score (nSPS) is 17.4. The first-order chi connectivity index (χ1) is 8.11. The van der Waals surface area contributed by atoms with E-state index in [9.17, 15) is 0 Å². The van der Waals surface area contributed by atoms with Crippen LogP contribution in [0.15, 0.2) is 12.1 Å². The highest BCUT2D eigenvalue weighted by molar-refractivity contribution is 6.31. The van der Waals surface area contributed by atoms with Gasteiger partial charge in [-0.25, -0.2) is 0 Å². The van der Waals surface area contributed by atoms with E-state index >= 15 is 0 Å². The standard InChI is InChI=1S/C13H18ClNO2/c1-8(15)10-6-13(17-9-4-3-5-9)12(16-2)7-11(10)14/h6-9H,3-5,15H2,1-2H3. The molecule has 0 amide bonds. The Morgan fingerprint density at radius 1 is 1.35 bits per heavy atom. The molecule has 0 radical (unpaired) electrons. The Hall–Kier alpha value is -0.930. The minimum atomic E-state index is -0.114. The maximum Gasteiger partial charge on any atom is 0.162 e. The molecule has 17 heavy (non-hydrogen) atoms. The topological polar surface area (TPSA) is 44.5 Å². The van der Waals surface area contributed by atoms with Crippen molar-refractivity contribution in [2.24, 2.45) is 5.73 Å². The van der Waals surface area contributed by atoms with Crippen molar-refractivity contribution in [3.63, 3.8) is 0 Å². The smallest absolute Gasteiger partial charge is 0.162 e. The predicted octanol–water partition coefficient (Wildman–Crippen LogP) is 3.30. The summed E-state index contributed by atoms with van der Waals surface area (Å²) in [6, 6.07) is 3.55. The third-order valence-electron chi connectivity index (χ3n) is 3.12. The molecule has 1 atom stereocenters. The van der Waals surface area contributed by atoms with Crippen molar-refractivity contribution in [1.82, 2.24) is 0 Å². The molecule has 1 aliphatic rings. The molecule has 2 N–H and O–H groups in total. The second-order valence-electron chi connectivity index (χ2n) is 4.48. The molecule has 1 unspecified atom stereocenters. The fourth-order valence-electron chi connectivity index (χ4n) is 1.82. The summed E-state index contributed by atoms with van der Waals surface area (Å²) in [5.41, 5.74) is 6.76. The van der Waals surface area contributed by atoms with Crippen LogP contribution in [0.3, 0.4) is 0 Å². The van der Waals surface area contributed by atoms with Gasteiger partial charge in [-0.1, -0.05) is 11.6 Å². The zero-order valence-corrected chi connectivity index (χ0v) is 11.0. The quantitative estimate of drug-likeness (QED) is 0.898. The number of nitrogens with two attached hydrogens (primary N) is 1. The van der Waals surface area contributed by atoms with Gasteiger partial charge in [0.1, 0.15) is 0 Å². The SMILES string of the molecule is COc1cc(Cl)c(C(C)N)cc1OC1CCC1. The van der Waals surface area contributed by atoms with E-state index in [2.05, 4.69) is 0 Å². The number of rotatable bonds is 4. The van der Waals surface area contributed by atoms with E-state index in [0.29, 0.717) is 16.9 Å². The second-order valence-corrected chi connectivity index (χ2v) is 4.89. The third kappa shape index (κ3) is 2.67. The van der Waals surface area contributed by atoms with Crippen LogP contribution in [-0.4, -0.2) is 13.2 Å². The van der Waals surface area contributed by atoms with Crippen LogP contribution in [0.5, 0.6) is 11.5 Å². The molecule has 1 aromatic carbocycles. The lowest BCUT2D eigenvalue weighted by Gasteiger charge is -2.27. The van der Waals surface area contributed by atoms with Gasteiger partial charge in [-0.3, -0.25) is 0 Å². The number of hydrogen-bond donors (Lipinski definition) is 1. The van der Waals surface area contributed by atoms with Gasteiger partial charge in [0.05, 0.1) is 13.2 Å². The van der Waals surface area contributed by atoms with Crippen molar-refractivity contribution in [3.05, 3.63) is 22.7 Å². The van der Waals surface area contributed by atoms with Crippen LogP contribution in [0.4, 0.5) is 0 Å². The third-order valence-corrected chi connectivity index (χ3v) is 3.45. The van der Waals surface area contributed by atoms with Crippen LogP contribution < -0.4 is 15.2 Å². The fraction of sp³-hybridized carbons (Fsp3) is 0.538. The maximum absolute atomic E-state index is 6.14. The molecule has 0 bridgehead atoms. The molecule has 3 nitrogen and oxygen atoms in total. The van der Waals surface area contributed by atoms with Crippen LogP contribution in [0.1, 0.15) is 37.8 Å². The summed E-state index contributed by atoms with van der Waals surface area (Å²) >= 11 is 6.14. The first-order valence-corrected chi connectivity index (χ1v) is 6.29. The maximum atomic E-state index is 6.14. The van der Waals surface area contributed by atoms with Crippen molar-refractivity contribution in [2.75, 3.05) is 7.11 Å². The van der Waals surface area contributed by atoms with E-state index in [1.165, 1.54) is 6.42 Å². The van der Waals surface area contributed by atoms with Gasteiger partial charge >= 0.3 is 0 Å². The van der Waals surface area contributed by atoms with Gasteiger partial charge in [-0.15, -0.1) is 0 Å². The average molecular weight is 256 g/mol. The molecule has 1 aromatic rings. The summed E-state index contributed by atoms with van der Waals surface area (Å²) in [5.74, 6) is 1.42. The van der Waals surface area contributed by atoms with Crippen LogP contribution in [-0.2, 0) is 0 Å². The highest BCUT2D eigenvalue weighted by Crippen LogP contribution is 2.37. The lowest BCUT2D eigenvalue weighted by molar-refractivity contribution is 0.116. The Morgan fingerprint density at radius 3 is 2.53 bits per heavy atom. The molecule has 0 aliphatic heterocycles. The van der Waals surface area contributed by atoms with Gasteiger partial charge in [0.2, 0.25) is 0 Å².